The normalized spacial score (nSPS) is 11.0. The largest absolute Gasteiger partial charge is 0.497 e. The zero-order valence-electron chi connectivity index (χ0n) is 20.2. The van der Waals surface area contributed by atoms with Crippen LogP contribution < -0.4 is 9.47 Å². The van der Waals surface area contributed by atoms with Gasteiger partial charge in [0.25, 0.3) is 0 Å². The molecule has 0 aliphatic rings. The van der Waals surface area contributed by atoms with E-state index in [4.69, 9.17) is 9.47 Å². The number of Topliss-reactive ketones (excluding diaryl/α,β-unsaturated/α-hetero) is 1. The quantitative estimate of drug-likeness (QED) is 0.149. The van der Waals surface area contributed by atoms with E-state index in [1.165, 1.54) is 24.4 Å². The molecule has 0 bridgehead atoms. The van der Waals surface area contributed by atoms with Crippen LogP contribution in [0.3, 0.4) is 0 Å². The first kappa shape index (κ1) is 24.4. The molecule has 3 aromatic carbocycles. The summed E-state index contributed by atoms with van der Waals surface area (Å²) in [6.07, 6.45) is 0. The maximum Gasteiger partial charge on any atom is 0.220 e. The standard InChI is InChI=1S/C30H25O3S3/c1-20(31)27-16-17-28(34-27)21-4-6-22(7-5-21)29-18-19-30(35-29)36(25-12-8-23(32-2)9-13-25)26-14-10-24(33-3)11-15-26/h4-19H,1-3H3/q+1. The van der Waals surface area contributed by atoms with Crippen molar-refractivity contribution in [3.63, 3.8) is 0 Å². The van der Waals surface area contributed by atoms with Gasteiger partial charge < -0.3 is 9.47 Å². The van der Waals surface area contributed by atoms with Gasteiger partial charge in [-0.25, -0.2) is 0 Å². The Morgan fingerprint density at radius 1 is 0.611 bits per heavy atom. The van der Waals surface area contributed by atoms with Crippen molar-refractivity contribution < 1.29 is 14.3 Å². The molecular formula is C30H25O3S3+. The summed E-state index contributed by atoms with van der Waals surface area (Å²) in [5, 5.41) is 0. The number of thiophene rings is 2. The van der Waals surface area contributed by atoms with E-state index in [1.807, 2.05) is 47.7 Å². The molecule has 0 unspecified atom stereocenters. The minimum atomic E-state index is -0.247. The topological polar surface area (TPSA) is 35.5 Å². The van der Waals surface area contributed by atoms with E-state index >= 15 is 0 Å². The predicted octanol–water partition coefficient (Wildman–Crippen LogP) is 8.46. The molecular weight excluding hydrogens is 505 g/mol. The number of hydrogen-bond acceptors (Lipinski definition) is 5. The summed E-state index contributed by atoms with van der Waals surface area (Å²) in [7, 11) is 3.13. The van der Waals surface area contributed by atoms with Crippen LogP contribution in [0.1, 0.15) is 16.6 Å². The monoisotopic (exact) mass is 529 g/mol. The molecule has 0 amide bonds. The number of ketones is 1. The number of hydrogen-bond donors (Lipinski definition) is 0. The van der Waals surface area contributed by atoms with E-state index in [0.29, 0.717) is 0 Å². The third kappa shape index (κ3) is 5.12. The molecule has 6 heteroatoms. The molecule has 0 atom stereocenters. The first-order valence-electron chi connectivity index (χ1n) is 11.4. The van der Waals surface area contributed by atoms with Gasteiger partial charge in [0.15, 0.2) is 15.6 Å². The average molecular weight is 530 g/mol. The van der Waals surface area contributed by atoms with E-state index in [2.05, 4.69) is 60.7 Å². The number of ether oxygens (including phenoxy) is 2. The van der Waals surface area contributed by atoms with Crippen molar-refractivity contribution in [3.8, 4) is 32.4 Å². The van der Waals surface area contributed by atoms with Gasteiger partial charge in [0.05, 0.1) is 19.1 Å². The molecule has 2 heterocycles. The Morgan fingerprint density at radius 3 is 1.53 bits per heavy atom. The second-order valence-electron chi connectivity index (χ2n) is 8.07. The summed E-state index contributed by atoms with van der Waals surface area (Å²) in [6, 6.07) is 33.7. The molecule has 0 saturated carbocycles. The summed E-state index contributed by atoms with van der Waals surface area (Å²) < 4.78 is 12.1. The Morgan fingerprint density at radius 2 is 1.08 bits per heavy atom. The highest BCUT2D eigenvalue weighted by Gasteiger charge is 2.31. The van der Waals surface area contributed by atoms with Gasteiger partial charge >= 0.3 is 0 Å². The minimum absolute atomic E-state index is 0.109. The van der Waals surface area contributed by atoms with Crippen LogP contribution in [0.15, 0.2) is 111 Å². The molecule has 0 spiro atoms. The van der Waals surface area contributed by atoms with Crippen LogP contribution in [0, 0.1) is 0 Å². The summed E-state index contributed by atoms with van der Waals surface area (Å²) in [6.45, 7) is 1.61. The van der Waals surface area contributed by atoms with Crippen molar-refractivity contribution in [2.75, 3.05) is 14.2 Å². The summed E-state index contributed by atoms with van der Waals surface area (Å²) in [5.74, 6) is 1.81. The van der Waals surface area contributed by atoms with Gasteiger partial charge in [-0.3, -0.25) is 4.79 Å². The second kappa shape index (κ2) is 10.7. The molecule has 3 nitrogen and oxygen atoms in total. The fraction of sp³-hybridized carbons (Fsp3) is 0.100. The lowest BCUT2D eigenvalue weighted by molar-refractivity contribution is 0.102. The lowest BCUT2D eigenvalue weighted by Gasteiger charge is -2.08. The van der Waals surface area contributed by atoms with Crippen LogP contribution in [-0.4, -0.2) is 20.0 Å². The molecule has 36 heavy (non-hydrogen) atoms. The van der Waals surface area contributed by atoms with Gasteiger partial charge in [-0.05, 0) is 84.8 Å². The van der Waals surface area contributed by atoms with E-state index in [1.54, 1.807) is 32.5 Å². The molecule has 0 fully saturated rings. The van der Waals surface area contributed by atoms with Gasteiger partial charge in [0, 0.05) is 15.8 Å². The van der Waals surface area contributed by atoms with Crippen LogP contribution in [0.5, 0.6) is 11.5 Å². The van der Waals surface area contributed by atoms with Crippen LogP contribution in [0.2, 0.25) is 0 Å². The number of methoxy groups -OCH3 is 2. The van der Waals surface area contributed by atoms with Crippen molar-refractivity contribution >= 4 is 39.4 Å². The number of rotatable bonds is 8. The molecule has 0 aliphatic carbocycles. The molecule has 2 aromatic heterocycles. The van der Waals surface area contributed by atoms with Gasteiger partial charge in [0.2, 0.25) is 4.21 Å². The summed E-state index contributed by atoms with van der Waals surface area (Å²) in [4.78, 5) is 17.3. The molecule has 180 valence electrons. The van der Waals surface area contributed by atoms with E-state index in [0.717, 1.165) is 26.8 Å². The van der Waals surface area contributed by atoms with Crippen LogP contribution >= 0.6 is 22.7 Å². The minimum Gasteiger partial charge on any atom is -0.497 e. The lowest BCUT2D eigenvalue weighted by Crippen LogP contribution is -2.03. The van der Waals surface area contributed by atoms with Crippen molar-refractivity contribution in [1.82, 2.24) is 0 Å². The third-order valence-corrected chi connectivity index (χ3v) is 10.7. The van der Waals surface area contributed by atoms with E-state index in [-0.39, 0.29) is 16.7 Å². The Bertz CT molecular complexity index is 1420. The predicted molar refractivity (Wildman–Crippen MR) is 151 cm³/mol. The molecule has 0 aliphatic heterocycles. The second-order valence-corrected chi connectivity index (χ2v) is 12.5. The molecule has 0 N–H and O–H groups in total. The van der Waals surface area contributed by atoms with Crippen LogP contribution in [0.25, 0.3) is 20.9 Å². The number of carbonyl (C=O) groups is 1. The fourth-order valence-electron chi connectivity index (χ4n) is 3.86. The van der Waals surface area contributed by atoms with Crippen LogP contribution in [0.4, 0.5) is 0 Å². The highest BCUT2D eigenvalue weighted by atomic mass is 32.2. The van der Waals surface area contributed by atoms with E-state index < -0.39 is 0 Å². The van der Waals surface area contributed by atoms with Gasteiger partial charge in [-0.2, -0.15) is 0 Å². The van der Waals surface area contributed by atoms with Crippen molar-refractivity contribution in [1.29, 1.82) is 0 Å². The smallest absolute Gasteiger partial charge is 0.220 e. The van der Waals surface area contributed by atoms with Crippen molar-refractivity contribution in [3.05, 3.63) is 102 Å². The number of carbonyl (C=O) groups excluding carboxylic acids is 1. The zero-order chi connectivity index (χ0) is 25.1. The maximum atomic E-state index is 11.7. The molecule has 5 aromatic rings. The summed E-state index contributed by atoms with van der Waals surface area (Å²) in [5.41, 5.74) is 2.32. The van der Waals surface area contributed by atoms with Crippen LogP contribution in [-0.2, 0) is 10.9 Å². The molecule has 0 saturated heterocycles. The van der Waals surface area contributed by atoms with Crippen molar-refractivity contribution in [2.24, 2.45) is 0 Å². The SMILES string of the molecule is COc1ccc([S+](c2ccc(OC)cc2)c2ccc(-c3ccc(-c4ccc(C(C)=O)s4)cc3)s2)cc1. The summed E-state index contributed by atoms with van der Waals surface area (Å²) >= 11 is 3.36. The van der Waals surface area contributed by atoms with Gasteiger partial charge in [-0.15, -0.1) is 11.3 Å². The van der Waals surface area contributed by atoms with Crippen molar-refractivity contribution in [2.45, 2.75) is 20.9 Å². The first-order chi connectivity index (χ1) is 17.6. The Labute approximate surface area is 222 Å². The van der Waals surface area contributed by atoms with E-state index in [9.17, 15) is 4.79 Å². The lowest BCUT2D eigenvalue weighted by atomic mass is 10.1. The Kier molecular flexibility index (Phi) is 7.28. The highest BCUT2D eigenvalue weighted by Crippen LogP contribution is 2.40. The van der Waals surface area contributed by atoms with Gasteiger partial charge in [0.1, 0.15) is 22.4 Å². The number of benzene rings is 3. The molecule has 0 radical (unpaired) electrons. The Hall–Kier alpha value is -3.32. The molecule has 5 rings (SSSR count). The first-order valence-corrected chi connectivity index (χ1v) is 14.3. The average Bonchev–Trinajstić information content (AvgIpc) is 3.61. The zero-order valence-corrected chi connectivity index (χ0v) is 22.6. The van der Waals surface area contributed by atoms with Gasteiger partial charge in [-0.1, -0.05) is 35.6 Å². The highest BCUT2D eigenvalue weighted by molar-refractivity contribution is 7.99. The fourth-order valence-corrected chi connectivity index (χ4v) is 8.45. The Balaban J connectivity index is 1.46. The third-order valence-electron chi connectivity index (χ3n) is 5.78. The maximum absolute atomic E-state index is 11.7.